The van der Waals surface area contributed by atoms with Crippen LogP contribution >= 0.6 is 0 Å². The number of carbonyl (C=O) groups excluding carboxylic acids is 1. The number of rotatable bonds is 5. The number of hydrogen-bond acceptors (Lipinski definition) is 4. The Bertz CT molecular complexity index is 118. The van der Waals surface area contributed by atoms with Crippen LogP contribution in [-0.4, -0.2) is 43.9 Å². The molecule has 0 saturated carbocycles. The van der Waals surface area contributed by atoms with Crippen molar-refractivity contribution in [2.24, 2.45) is 5.73 Å². The van der Waals surface area contributed by atoms with Crippen LogP contribution in [0.2, 0.25) is 0 Å². The Morgan fingerprint density at radius 2 is 2.45 bits per heavy atom. The highest BCUT2D eigenvalue weighted by Crippen LogP contribution is 1.79. The second-order valence-electron chi connectivity index (χ2n) is 2.12. The van der Waals surface area contributed by atoms with Crippen molar-refractivity contribution >= 4 is 5.91 Å². The highest BCUT2D eigenvalue weighted by molar-refractivity contribution is 5.77. The first-order valence-corrected chi connectivity index (χ1v) is 3.34. The van der Waals surface area contributed by atoms with Crippen molar-refractivity contribution < 1.29 is 14.6 Å². The largest absolute Gasteiger partial charge is 0.389 e. The van der Waals surface area contributed by atoms with Gasteiger partial charge in [-0.05, 0) is 0 Å². The fourth-order valence-electron chi connectivity index (χ4n) is 0.555. The summed E-state index contributed by atoms with van der Waals surface area (Å²) in [4.78, 5) is 10.5. The molecule has 66 valence electrons. The molecule has 4 N–H and O–H groups in total. The van der Waals surface area contributed by atoms with Crippen molar-refractivity contribution in [2.75, 3.05) is 26.8 Å². The number of amides is 1. The second-order valence-corrected chi connectivity index (χ2v) is 2.12. The minimum absolute atomic E-state index is 0.0559. The first-order valence-electron chi connectivity index (χ1n) is 3.34. The van der Waals surface area contributed by atoms with E-state index in [1.165, 1.54) is 7.11 Å². The summed E-state index contributed by atoms with van der Waals surface area (Å²) in [7, 11) is 1.48. The number of ether oxygens (including phenoxy) is 1. The number of methoxy groups -OCH3 is 1. The van der Waals surface area contributed by atoms with Crippen LogP contribution in [0.3, 0.4) is 0 Å². The van der Waals surface area contributed by atoms with Crippen molar-refractivity contribution in [2.45, 2.75) is 6.10 Å². The van der Waals surface area contributed by atoms with E-state index < -0.39 is 6.10 Å². The minimum Gasteiger partial charge on any atom is -0.389 e. The standard InChI is InChI=1S/C6H14N2O3/c1-11-4-5(9)3-8-6(10)2-7/h5,9H,2-4,7H2,1H3,(H,8,10). The van der Waals surface area contributed by atoms with Gasteiger partial charge in [-0.25, -0.2) is 0 Å². The molecule has 0 fully saturated rings. The van der Waals surface area contributed by atoms with Gasteiger partial charge in [-0.3, -0.25) is 4.79 Å². The number of nitrogens with one attached hydrogen (secondary N) is 1. The van der Waals surface area contributed by atoms with Gasteiger partial charge in [-0.15, -0.1) is 0 Å². The van der Waals surface area contributed by atoms with Crippen molar-refractivity contribution in [1.29, 1.82) is 0 Å². The molecule has 0 spiro atoms. The molecule has 5 heteroatoms. The highest BCUT2D eigenvalue weighted by Gasteiger charge is 2.04. The van der Waals surface area contributed by atoms with E-state index in [1.54, 1.807) is 0 Å². The number of nitrogens with two attached hydrogens (primary N) is 1. The van der Waals surface area contributed by atoms with Gasteiger partial charge in [0, 0.05) is 13.7 Å². The number of hydrogen-bond donors (Lipinski definition) is 3. The van der Waals surface area contributed by atoms with E-state index in [0.29, 0.717) is 0 Å². The molecule has 0 bridgehead atoms. The van der Waals surface area contributed by atoms with Crippen molar-refractivity contribution in [1.82, 2.24) is 5.32 Å². The lowest BCUT2D eigenvalue weighted by Gasteiger charge is -2.09. The van der Waals surface area contributed by atoms with E-state index in [4.69, 9.17) is 10.8 Å². The maximum Gasteiger partial charge on any atom is 0.233 e. The Kier molecular flexibility index (Phi) is 5.73. The first kappa shape index (κ1) is 10.3. The van der Waals surface area contributed by atoms with Gasteiger partial charge in [-0.2, -0.15) is 0 Å². The fourth-order valence-corrected chi connectivity index (χ4v) is 0.555. The van der Waals surface area contributed by atoms with E-state index in [1.807, 2.05) is 0 Å². The Balaban J connectivity index is 3.29. The summed E-state index contributed by atoms with van der Waals surface area (Å²) in [5, 5.41) is 11.4. The van der Waals surface area contributed by atoms with Crippen LogP contribution < -0.4 is 11.1 Å². The molecule has 0 aliphatic heterocycles. The third-order valence-electron chi connectivity index (χ3n) is 1.08. The lowest BCUT2D eigenvalue weighted by molar-refractivity contribution is -0.120. The van der Waals surface area contributed by atoms with Gasteiger partial charge < -0.3 is 20.9 Å². The predicted molar refractivity (Wildman–Crippen MR) is 39.9 cm³/mol. The maximum absolute atomic E-state index is 10.5. The normalized spacial score (nSPS) is 12.6. The number of aliphatic hydroxyl groups is 1. The summed E-state index contributed by atoms with van der Waals surface area (Å²) >= 11 is 0. The van der Waals surface area contributed by atoms with Crippen LogP contribution in [0.15, 0.2) is 0 Å². The lowest BCUT2D eigenvalue weighted by Crippen LogP contribution is -2.37. The van der Waals surface area contributed by atoms with Gasteiger partial charge in [0.1, 0.15) is 0 Å². The number of aliphatic hydroxyl groups excluding tert-OH is 1. The minimum atomic E-state index is -0.657. The molecule has 0 aliphatic rings. The molecule has 0 aliphatic carbocycles. The molecule has 1 atom stereocenters. The fraction of sp³-hybridized carbons (Fsp3) is 0.833. The summed E-state index contributed by atoms with van der Waals surface area (Å²) in [5.41, 5.74) is 5.01. The van der Waals surface area contributed by atoms with Crippen LogP contribution in [0.5, 0.6) is 0 Å². The zero-order chi connectivity index (χ0) is 8.69. The van der Waals surface area contributed by atoms with Crippen LogP contribution in [0.1, 0.15) is 0 Å². The third kappa shape index (κ3) is 5.78. The molecule has 0 aromatic carbocycles. The first-order chi connectivity index (χ1) is 5.20. The molecule has 5 nitrogen and oxygen atoms in total. The van der Waals surface area contributed by atoms with E-state index in [2.05, 4.69) is 10.1 Å². The Hall–Kier alpha value is -0.650. The van der Waals surface area contributed by atoms with Crippen molar-refractivity contribution in [3.63, 3.8) is 0 Å². The predicted octanol–water partition coefficient (Wildman–Crippen LogP) is -1.93. The molecular formula is C6H14N2O3. The third-order valence-corrected chi connectivity index (χ3v) is 1.08. The number of carbonyl (C=O) groups is 1. The average Bonchev–Trinajstić information content (AvgIpc) is 2.01. The van der Waals surface area contributed by atoms with E-state index in [0.717, 1.165) is 0 Å². The summed E-state index contributed by atoms with van der Waals surface area (Å²) < 4.78 is 4.64. The summed E-state index contributed by atoms with van der Waals surface area (Å²) in [5.74, 6) is -0.278. The molecule has 1 unspecified atom stereocenters. The molecule has 0 saturated heterocycles. The van der Waals surface area contributed by atoms with Crippen LogP contribution in [0, 0.1) is 0 Å². The monoisotopic (exact) mass is 162 g/mol. The zero-order valence-electron chi connectivity index (χ0n) is 6.54. The highest BCUT2D eigenvalue weighted by atomic mass is 16.5. The summed E-state index contributed by atoms with van der Waals surface area (Å²) in [6, 6.07) is 0. The van der Waals surface area contributed by atoms with Crippen LogP contribution in [-0.2, 0) is 9.53 Å². The van der Waals surface area contributed by atoms with E-state index in [-0.39, 0.29) is 25.6 Å². The van der Waals surface area contributed by atoms with Crippen LogP contribution in [0.4, 0.5) is 0 Å². The van der Waals surface area contributed by atoms with Crippen LogP contribution in [0.25, 0.3) is 0 Å². The van der Waals surface area contributed by atoms with E-state index in [9.17, 15) is 4.79 Å². The molecule has 0 aromatic rings. The Labute approximate surface area is 65.5 Å². The van der Waals surface area contributed by atoms with Crippen molar-refractivity contribution in [3.8, 4) is 0 Å². The lowest BCUT2D eigenvalue weighted by atomic mass is 10.4. The molecule has 1 amide bonds. The second kappa shape index (κ2) is 6.09. The Morgan fingerprint density at radius 1 is 1.82 bits per heavy atom. The average molecular weight is 162 g/mol. The van der Waals surface area contributed by atoms with Gasteiger partial charge in [0.05, 0.1) is 19.3 Å². The molecule has 11 heavy (non-hydrogen) atoms. The van der Waals surface area contributed by atoms with Gasteiger partial charge >= 0.3 is 0 Å². The van der Waals surface area contributed by atoms with Gasteiger partial charge in [0.25, 0.3) is 0 Å². The molecule has 0 aromatic heterocycles. The topological polar surface area (TPSA) is 84.6 Å². The zero-order valence-corrected chi connectivity index (χ0v) is 6.54. The SMILES string of the molecule is COCC(O)CNC(=O)CN. The Morgan fingerprint density at radius 3 is 2.91 bits per heavy atom. The van der Waals surface area contributed by atoms with Gasteiger partial charge in [0.15, 0.2) is 0 Å². The van der Waals surface area contributed by atoms with Crippen molar-refractivity contribution in [3.05, 3.63) is 0 Å². The smallest absolute Gasteiger partial charge is 0.233 e. The van der Waals surface area contributed by atoms with Gasteiger partial charge in [0.2, 0.25) is 5.91 Å². The van der Waals surface area contributed by atoms with E-state index >= 15 is 0 Å². The maximum atomic E-state index is 10.5. The summed E-state index contributed by atoms with van der Waals surface area (Å²) in [6.07, 6.45) is -0.657. The molecule has 0 radical (unpaired) electrons. The molecule has 0 rings (SSSR count). The van der Waals surface area contributed by atoms with Gasteiger partial charge in [-0.1, -0.05) is 0 Å². The summed E-state index contributed by atoms with van der Waals surface area (Å²) in [6.45, 7) is 0.342. The quantitative estimate of drug-likeness (QED) is 0.439. The molecule has 0 heterocycles. The molecular weight excluding hydrogens is 148 g/mol.